The molecular formula is C17H18O7. The van der Waals surface area contributed by atoms with E-state index in [1.165, 1.54) is 19.2 Å². The summed E-state index contributed by atoms with van der Waals surface area (Å²) in [5.74, 6) is -0.409. The molecule has 7 nitrogen and oxygen atoms in total. The maximum Gasteiger partial charge on any atom is 0.174 e. The molecule has 0 fully saturated rings. The first-order chi connectivity index (χ1) is 11.5. The number of aliphatic hydroxyl groups excluding tert-OH is 1. The second-order valence-electron chi connectivity index (χ2n) is 5.00. The molecule has 1 atom stereocenters. The monoisotopic (exact) mass is 334 g/mol. The molecule has 24 heavy (non-hydrogen) atoms. The third kappa shape index (κ3) is 3.21. The van der Waals surface area contributed by atoms with Crippen LogP contribution in [0.1, 0.15) is 28.4 Å². The van der Waals surface area contributed by atoms with Gasteiger partial charge in [0.2, 0.25) is 0 Å². The molecule has 0 saturated heterocycles. The van der Waals surface area contributed by atoms with E-state index in [-0.39, 0.29) is 40.8 Å². The van der Waals surface area contributed by atoms with Gasteiger partial charge in [-0.3, -0.25) is 4.79 Å². The van der Waals surface area contributed by atoms with Crippen LogP contribution >= 0.6 is 0 Å². The van der Waals surface area contributed by atoms with Crippen LogP contribution < -0.4 is 9.47 Å². The number of aromatic hydroxyl groups is 3. The Kier molecular flexibility index (Phi) is 5.15. The highest BCUT2D eigenvalue weighted by Crippen LogP contribution is 2.42. The molecule has 0 amide bonds. The summed E-state index contributed by atoms with van der Waals surface area (Å²) in [7, 11) is 2.44. The Hall–Kier alpha value is -2.93. The number of Topliss-reactive ketones (excluding diaryl/α,β-unsaturated/α-hetero) is 1. The van der Waals surface area contributed by atoms with Crippen molar-refractivity contribution in [2.24, 2.45) is 0 Å². The highest BCUT2D eigenvalue weighted by Gasteiger charge is 2.31. The molecule has 1 heterocycles. The number of phenols is 3. The summed E-state index contributed by atoms with van der Waals surface area (Å²) in [5, 5.41) is 36.1. The molecule has 2 aromatic rings. The molecule has 0 aromatic heterocycles. The Morgan fingerprint density at radius 3 is 2.42 bits per heavy atom. The first kappa shape index (κ1) is 17.4. The van der Waals surface area contributed by atoms with E-state index in [1.807, 2.05) is 0 Å². The number of methoxy groups -OCH3 is 1. The van der Waals surface area contributed by atoms with Gasteiger partial charge in [-0.2, -0.15) is 0 Å². The number of benzene rings is 2. The van der Waals surface area contributed by atoms with Crippen LogP contribution in [-0.2, 0) is 0 Å². The number of carbonyl (C=O) groups excluding carboxylic acids is 1. The molecule has 2 aromatic carbocycles. The summed E-state index contributed by atoms with van der Waals surface area (Å²) in [6.07, 6.45) is -0.588. The van der Waals surface area contributed by atoms with Crippen LogP contribution in [0.2, 0.25) is 0 Å². The predicted molar refractivity (Wildman–Crippen MR) is 84.9 cm³/mol. The number of rotatable bonds is 2. The molecular weight excluding hydrogens is 316 g/mol. The fraction of sp³-hybridized carbons (Fsp3) is 0.235. The van der Waals surface area contributed by atoms with E-state index in [0.29, 0.717) is 11.3 Å². The minimum Gasteiger partial charge on any atom is -0.508 e. The van der Waals surface area contributed by atoms with E-state index in [4.69, 9.17) is 14.6 Å². The molecule has 0 saturated carbocycles. The number of hydrogen-bond acceptors (Lipinski definition) is 7. The standard InChI is InChI=1S/C16H14O6.CH4O/c1-21-13-3-2-8(4-10(13)18)14-7-12(20)16-11(19)5-9(17)6-15(16)22-14;1-2/h2-6,14,17-19H,7H2,1H3;2H,1H3/t14-;/m0./s1. The summed E-state index contributed by atoms with van der Waals surface area (Å²) >= 11 is 0. The smallest absolute Gasteiger partial charge is 0.174 e. The van der Waals surface area contributed by atoms with Gasteiger partial charge in [0.1, 0.15) is 28.9 Å². The first-order valence-electron chi connectivity index (χ1n) is 7.07. The fourth-order valence-corrected chi connectivity index (χ4v) is 2.52. The molecule has 7 heteroatoms. The van der Waals surface area contributed by atoms with Crippen LogP contribution in [0.4, 0.5) is 0 Å². The maximum atomic E-state index is 12.2. The number of carbonyl (C=O) groups is 1. The molecule has 0 unspecified atom stereocenters. The number of ketones is 1. The second-order valence-corrected chi connectivity index (χ2v) is 5.00. The molecule has 3 rings (SSSR count). The normalized spacial score (nSPS) is 15.6. The highest BCUT2D eigenvalue weighted by molar-refractivity contribution is 6.02. The number of fused-ring (bicyclic) bond motifs is 1. The summed E-state index contributed by atoms with van der Waals surface area (Å²) in [6.45, 7) is 0. The van der Waals surface area contributed by atoms with Gasteiger partial charge in [0.05, 0.1) is 13.5 Å². The van der Waals surface area contributed by atoms with Crippen LogP contribution in [0.15, 0.2) is 30.3 Å². The average molecular weight is 334 g/mol. The largest absolute Gasteiger partial charge is 0.508 e. The van der Waals surface area contributed by atoms with Gasteiger partial charge in [0.15, 0.2) is 17.3 Å². The Balaban J connectivity index is 0.00000100. The van der Waals surface area contributed by atoms with Gasteiger partial charge >= 0.3 is 0 Å². The van der Waals surface area contributed by atoms with Crippen molar-refractivity contribution in [3.63, 3.8) is 0 Å². The van der Waals surface area contributed by atoms with Crippen molar-refractivity contribution in [1.29, 1.82) is 0 Å². The van der Waals surface area contributed by atoms with E-state index < -0.39 is 6.10 Å². The Morgan fingerprint density at radius 1 is 1.08 bits per heavy atom. The minimum absolute atomic E-state index is 0.0249. The lowest BCUT2D eigenvalue weighted by atomic mass is 9.95. The van der Waals surface area contributed by atoms with Crippen LogP contribution in [0.25, 0.3) is 0 Å². The van der Waals surface area contributed by atoms with Crippen LogP contribution in [0.3, 0.4) is 0 Å². The van der Waals surface area contributed by atoms with Gasteiger partial charge in [0, 0.05) is 19.2 Å². The highest BCUT2D eigenvalue weighted by atomic mass is 16.5. The number of phenolic OH excluding ortho intramolecular Hbond substituents is 3. The molecule has 128 valence electrons. The van der Waals surface area contributed by atoms with Gasteiger partial charge in [-0.05, 0) is 17.7 Å². The zero-order chi connectivity index (χ0) is 17.9. The molecule has 4 N–H and O–H groups in total. The summed E-state index contributed by atoms with van der Waals surface area (Å²) in [6, 6.07) is 7.10. The van der Waals surface area contributed by atoms with Gasteiger partial charge < -0.3 is 29.9 Å². The lowest BCUT2D eigenvalue weighted by Gasteiger charge is -2.26. The summed E-state index contributed by atoms with van der Waals surface area (Å²) in [4.78, 5) is 12.2. The fourth-order valence-electron chi connectivity index (χ4n) is 2.52. The van der Waals surface area contributed by atoms with Crippen LogP contribution in [0.5, 0.6) is 28.7 Å². The second kappa shape index (κ2) is 7.10. The summed E-state index contributed by atoms with van der Waals surface area (Å²) < 4.78 is 10.7. The van der Waals surface area contributed by atoms with Crippen molar-refractivity contribution >= 4 is 5.78 Å². The van der Waals surface area contributed by atoms with Crippen molar-refractivity contribution in [1.82, 2.24) is 0 Å². The lowest BCUT2D eigenvalue weighted by molar-refractivity contribution is 0.0844. The van der Waals surface area contributed by atoms with Crippen molar-refractivity contribution < 1.29 is 34.7 Å². The van der Waals surface area contributed by atoms with Crippen LogP contribution in [-0.4, -0.2) is 40.4 Å². The third-order valence-corrected chi connectivity index (χ3v) is 3.56. The van der Waals surface area contributed by atoms with Crippen molar-refractivity contribution in [3.8, 4) is 28.7 Å². The van der Waals surface area contributed by atoms with Crippen molar-refractivity contribution in [2.45, 2.75) is 12.5 Å². The van der Waals surface area contributed by atoms with Gasteiger partial charge in [-0.15, -0.1) is 0 Å². The van der Waals surface area contributed by atoms with Gasteiger partial charge in [0.25, 0.3) is 0 Å². The van der Waals surface area contributed by atoms with E-state index in [1.54, 1.807) is 12.1 Å². The summed E-state index contributed by atoms with van der Waals surface area (Å²) in [5.41, 5.74) is 0.659. The first-order valence-corrected chi connectivity index (χ1v) is 7.07. The van der Waals surface area contributed by atoms with Crippen molar-refractivity contribution in [3.05, 3.63) is 41.5 Å². The minimum atomic E-state index is -0.613. The number of hydrogen-bond donors (Lipinski definition) is 4. The molecule has 1 aliphatic heterocycles. The molecule has 0 bridgehead atoms. The van der Waals surface area contributed by atoms with Crippen molar-refractivity contribution in [2.75, 3.05) is 14.2 Å². The number of aliphatic hydroxyl groups is 1. The Bertz CT molecular complexity index is 755. The predicted octanol–water partition coefficient (Wildman–Crippen LogP) is 2.13. The third-order valence-electron chi connectivity index (χ3n) is 3.56. The Labute approximate surface area is 138 Å². The lowest BCUT2D eigenvalue weighted by Crippen LogP contribution is -2.20. The Morgan fingerprint density at radius 2 is 1.79 bits per heavy atom. The zero-order valence-electron chi connectivity index (χ0n) is 13.2. The van der Waals surface area contributed by atoms with Crippen LogP contribution in [0, 0.1) is 0 Å². The zero-order valence-corrected chi connectivity index (χ0v) is 13.2. The van der Waals surface area contributed by atoms with E-state index in [0.717, 1.165) is 13.2 Å². The van der Waals surface area contributed by atoms with E-state index in [9.17, 15) is 20.1 Å². The average Bonchev–Trinajstić information content (AvgIpc) is 2.55. The van der Waals surface area contributed by atoms with E-state index in [2.05, 4.69) is 0 Å². The maximum absolute atomic E-state index is 12.2. The topological polar surface area (TPSA) is 116 Å². The number of ether oxygens (including phenoxy) is 2. The van der Waals surface area contributed by atoms with Gasteiger partial charge in [-0.25, -0.2) is 0 Å². The molecule has 0 radical (unpaired) electrons. The molecule has 1 aliphatic rings. The van der Waals surface area contributed by atoms with E-state index >= 15 is 0 Å². The quantitative estimate of drug-likeness (QED) is 0.664. The SMILES string of the molecule is CO.COc1ccc([C@@H]2CC(=O)c3c(O)cc(O)cc3O2)cc1O. The molecule has 0 spiro atoms. The van der Waals surface area contributed by atoms with Gasteiger partial charge in [-0.1, -0.05) is 6.07 Å². The molecule has 0 aliphatic carbocycles.